The van der Waals surface area contributed by atoms with Crippen LogP contribution in [0, 0.1) is 0 Å². The molecule has 4 aromatic rings. The van der Waals surface area contributed by atoms with Crippen LogP contribution in [0.15, 0.2) is 48.5 Å². The maximum atomic E-state index is 5.74. The Morgan fingerprint density at radius 2 is 1.92 bits per heavy atom. The van der Waals surface area contributed by atoms with Gasteiger partial charge in [0.05, 0.1) is 36.0 Å². The molecule has 1 atom stereocenters. The summed E-state index contributed by atoms with van der Waals surface area (Å²) in [7, 11) is 1.61. The molecule has 0 spiro atoms. The van der Waals surface area contributed by atoms with Gasteiger partial charge in [-0.3, -0.25) is 5.32 Å². The van der Waals surface area contributed by atoms with Crippen LogP contribution in [0.3, 0.4) is 0 Å². The standard InChI is InChI=1S/C19H17N5O2/c1-25-17-9-8-13-14(22-17)6-7-15(21-13)18-12-4-2-3-5-16(12)24(23-18)19-20-10-11-26-19/h2-9,19-20H,10-11H2,1H3. The van der Waals surface area contributed by atoms with Gasteiger partial charge in [0.25, 0.3) is 0 Å². The van der Waals surface area contributed by atoms with Crippen molar-refractivity contribution in [3.63, 3.8) is 0 Å². The summed E-state index contributed by atoms with van der Waals surface area (Å²) in [6.07, 6.45) is -0.250. The normalized spacial score (nSPS) is 17.2. The van der Waals surface area contributed by atoms with Crippen molar-refractivity contribution in [2.45, 2.75) is 6.35 Å². The number of aromatic nitrogens is 4. The maximum absolute atomic E-state index is 5.74. The predicted molar refractivity (Wildman–Crippen MR) is 97.8 cm³/mol. The zero-order chi connectivity index (χ0) is 17.5. The van der Waals surface area contributed by atoms with Crippen molar-refractivity contribution < 1.29 is 9.47 Å². The van der Waals surface area contributed by atoms with E-state index in [2.05, 4.69) is 16.4 Å². The first-order valence-electron chi connectivity index (χ1n) is 8.48. The zero-order valence-electron chi connectivity index (χ0n) is 14.2. The highest BCUT2D eigenvalue weighted by atomic mass is 16.5. The van der Waals surface area contributed by atoms with E-state index in [-0.39, 0.29) is 6.35 Å². The van der Waals surface area contributed by atoms with Crippen molar-refractivity contribution in [1.29, 1.82) is 0 Å². The van der Waals surface area contributed by atoms with Crippen molar-refractivity contribution in [3.05, 3.63) is 48.5 Å². The number of fused-ring (bicyclic) bond motifs is 2. The molecule has 3 aromatic heterocycles. The van der Waals surface area contributed by atoms with Crippen LogP contribution in [0.5, 0.6) is 5.88 Å². The third kappa shape index (κ3) is 2.40. The van der Waals surface area contributed by atoms with Crippen LogP contribution < -0.4 is 10.1 Å². The lowest BCUT2D eigenvalue weighted by Gasteiger charge is -2.11. The van der Waals surface area contributed by atoms with Crippen molar-refractivity contribution >= 4 is 21.9 Å². The minimum absolute atomic E-state index is 0.250. The average molecular weight is 347 g/mol. The Labute approximate surface area is 149 Å². The molecule has 5 rings (SSSR count). The number of rotatable bonds is 3. The van der Waals surface area contributed by atoms with Gasteiger partial charge in [0.2, 0.25) is 12.2 Å². The molecule has 1 saturated heterocycles. The van der Waals surface area contributed by atoms with Crippen LogP contribution in [0.4, 0.5) is 0 Å². The summed E-state index contributed by atoms with van der Waals surface area (Å²) in [6.45, 7) is 1.49. The second-order valence-corrected chi connectivity index (χ2v) is 6.08. The SMILES string of the molecule is COc1ccc2nc(-c3nn(C4NCCO4)c4ccccc34)ccc2n1. The number of benzene rings is 1. The highest BCUT2D eigenvalue weighted by Crippen LogP contribution is 2.30. The van der Waals surface area contributed by atoms with Gasteiger partial charge in [0.1, 0.15) is 5.69 Å². The van der Waals surface area contributed by atoms with Crippen LogP contribution in [-0.2, 0) is 4.74 Å². The van der Waals surface area contributed by atoms with Crippen molar-refractivity contribution in [1.82, 2.24) is 25.1 Å². The summed E-state index contributed by atoms with van der Waals surface area (Å²) >= 11 is 0. The average Bonchev–Trinajstić information content (AvgIpc) is 3.35. The van der Waals surface area contributed by atoms with Crippen LogP contribution >= 0.6 is 0 Å². The molecule has 130 valence electrons. The second-order valence-electron chi connectivity index (χ2n) is 6.08. The highest BCUT2D eigenvalue weighted by Gasteiger charge is 2.22. The Morgan fingerprint density at radius 3 is 2.77 bits per heavy atom. The first kappa shape index (κ1) is 15.2. The minimum Gasteiger partial charge on any atom is -0.481 e. The van der Waals surface area contributed by atoms with Gasteiger partial charge in [0.15, 0.2) is 0 Å². The van der Waals surface area contributed by atoms with Gasteiger partial charge in [-0.15, -0.1) is 0 Å². The van der Waals surface area contributed by atoms with Crippen LogP contribution in [-0.4, -0.2) is 40.0 Å². The smallest absolute Gasteiger partial charge is 0.213 e. The first-order chi connectivity index (χ1) is 12.8. The summed E-state index contributed by atoms with van der Waals surface area (Å²) in [5, 5.41) is 9.15. The summed E-state index contributed by atoms with van der Waals surface area (Å²) in [5.74, 6) is 0.575. The molecular weight excluding hydrogens is 330 g/mol. The van der Waals surface area contributed by atoms with Gasteiger partial charge >= 0.3 is 0 Å². The molecule has 0 aliphatic carbocycles. The molecule has 7 heteroatoms. The van der Waals surface area contributed by atoms with Crippen LogP contribution in [0.25, 0.3) is 33.3 Å². The van der Waals surface area contributed by atoms with E-state index in [1.165, 1.54) is 0 Å². The van der Waals surface area contributed by atoms with Crippen LogP contribution in [0.2, 0.25) is 0 Å². The summed E-state index contributed by atoms with van der Waals surface area (Å²) in [5.41, 5.74) is 4.24. The molecule has 1 aliphatic heterocycles. The van der Waals surface area contributed by atoms with Crippen molar-refractivity contribution in [2.75, 3.05) is 20.3 Å². The molecule has 0 saturated carbocycles. The van der Waals surface area contributed by atoms with E-state index in [1.54, 1.807) is 7.11 Å². The van der Waals surface area contributed by atoms with Crippen molar-refractivity contribution in [2.24, 2.45) is 0 Å². The number of nitrogens with zero attached hydrogens (tertiary/aromatic N) is 4. The molecule has 1 aromatic carbocycles. The fraction of sp³-hybridized carbons (Fsp3) is 0.211. The fourth-order valence-corrected chi connectivity index (χ4v) is 3.26. The summed E-state index contributed by atoms with van der Waals surface area (Å²) in [6, 6.07) is 15.7. The van der Waals surface area contributed by atoms with E-state index in [1.807, 2.05) is 47.1 Å². The molecule has 4 heterocycles. The third-order valence-electron chi connectivity index (χ3n) is 4.50. The molecule has 1 aliphatic rings. The third-order valence-corrected chi connectivity index (χ3v) is 4.50. The lowest BCUT2D eigenvalue weighted by Crippen LogP contribution is -2.21. The van der Waals surface area contributed by atoms with E-state index < -0.39 is 0 Å². The summed E-state index contributed by atoms with van der Waals surface area (Å²) < 4.78 is 12.8. The second kappa shape index (κ2) is 6.05. The zero-order valence-corrected chi connectivity index (χ0v) is 14.2. The number of pyridine rings is 2. The van der Waals surface area contributed by atoms with Crippen LogP contribution in [0.1, 0.15) is 6.35 Å². The van der Waals surface area contributed by atoms with Gasteiger partial charge in [-0.05, 0) is 24.3 Å². The number of ether oxygens (including phenoxy) is 2. The fourth-order valence-electron chi connectivity index (χ4n) is 3.26. The number of hydrogen-bond acceptors (Lipinski definition) is 6. The maximum Gasteiger partial charge on any atom is 0.213 e. The molecule has 7 nitrogen and oxygen atoms in total. The van der Waals surface area contributed by atoms with E-state index in [9.17, 15) is 0 Å². The molecule has 1 fully saturated rings. The molecule has 0 bridgehead atoms. The Balaban J connectivity index is 1.67. The van der Waals surface area contributed by atoms with Gasteiger partial charge in [-0.1, -0.05) is 18.2 Å². The quantitative estimate of drug-likeness (QED) is 0.614. The molecule has 1 N–H and O–H groups in total. The van der Waals surface area contributed by atoms with E-state index in [0.717, 1.165) is 39.9 Å². The van der Waals surface area contributed by atoms with E-state index >= 15 is 0 Å². The lowest BCUT2D eigenvalue weighted by atomic mass is 10.1. The number of methoxy groups -OCH3 is 1. The number of hydrogen-bond donors (Lipinski definition) is 1. The Bertz CT molecular complexity index is 1100. The molecule has 0 radical (unpaired) electrons. The summed E-state index contributed by atoms with van der Waals surface area (Å²) in [4.78, 5) is 9.17. The van der Waals surface area contributed by atoms with E-state index in [4.69, 9.17) is 19.6 Å². The largest absolute Gasteiger partial charge is 0.481 e. The van der Waals surface area contributed by atoms with Crippen molar-refractivity contribution in [3.8, 4) is 17.3 Å². The lowest BCUT2D eigenvalue weighted by molar-refractivity contribution is 0.0382. The molecule has 26 heavy (non-hydrogen) atoms. The van der Waals surface area contributed by atoms with Gasteiger partial charge in [0, 0.05) is 18.0 Å². The highest BCUT2D eigenvalue weighted by molar-refractivity contribution is 5.93. The topological polar surface area (TPSA) is 74.1 Å². The Morgan fingerprint density at radius 1 is 1.08 bits per heavy atom. The van der Waals surface area contributed by atoms with Gasteiger partial charge in [-0.2, -0.15) is 5.10 Å². The Hall–Kier alpha value is -3.03. The monoisotopic (exact) mass is 347 g/mol. The molecule has 1 unspecified atom stereocenters. The number of nitrogens with one attached hydrogen (secondary N) is 1. The number of para-hydroxylation sites is 1. The predicted octanol–water partition coefficient (Wildman–Crippen LogP) is 2.73. The molecule has 0 amide bonds. The molecular formula is C19H17N5O2. The van der Waals surface area contributed by atoms with Gasteiger partial charge < -0.3 is 9.47 Å². The minimum atomic E-state index is -0.250. The first-order valence-corrected chi connectivity index (χ1v) is 8.48. The van der Waals surface area contributed by atoms with E-state index in [0.29, 0.717) is 12.5 Å². The van der Waals surface area contributed by atoms with Gasteiger partial charge in [-0.25, -0.2) is 14.6 Å². The Kier molecular flexibility index (Phi) is 3.55.